The van der Waals surface area contributed by atoms with Crippen LogP contribution in [0.3, 0.4) is 0 Å². The van der Waals surface area contributed by atoms with Crippen molar-refractivity contribution in [3.63, 3.8) is 0 Å². The summed E-state index contributed by atoms with van der Waals surface area (Å²) in [6.07, 6.45) is 8.19. The molecule has 0 aliphatic heterocycles. The van der Waals surface area contributed by atoms with Crippen LogP contribution < -0.4 is 11.2 Å². The Morgan fingerprint density at radius 2 is 1.70 bits per heavy atom. The van der Waals surface area contributed by atoms with Crippen molar-refractivity contribution in [2.45, 2.75) is 50.9 Å². The molecule has 0 spiro atoms. The lowest BCUT2D eigenvalue weighted by Gasteiger charge is -2.62. The van der Waals surface area contributed by atoms with E-state index in [4.69, 9.17) is 10.9 Å². The van der Waals surface area contributed by atoms with Gasteiger partial charge < -0.3 is 5.73 Å². The number of benzene rings is 1. The van der Waals surface area contributed by atoms with Gasteiger partial charge in [-0.15, -0.1) is 0 Å². The zero-order valence-electron chi connectivity index (χ0n) is 15.6. The van der Waals surface area contributed by atoms with Gasteiger partial charge in [-0.2, -0.15) is 0 Å². The molecule has 0 saturated heterocycles. The highest BCUT2D eigenvalue weighted by Gasteiger charge is 2.63. The molecule has 4 N–H and O–H groups in total. The van der Waals surface area contributed by atoms with E-state index < -0.39 is 5.91 Å². The van der Waals surface area contributed by atoms with Gasteiger partial charge in [0.05, 0.1) is 5.41 Å². The number of hydroxylamine groups is 1. The van der Waals surface area contributed by atoms with Crippen LogP contribution in [0, 0.1) is 35.0 Å². The van der Waals surface area contributed by atoms with Crippen molar-refractivity contribution in [3.8, 4) is 0 Å². The van der Waals surface area contributed by atoms with E-state index in [9.17, 15) is 9.59 Å². The summed E-state index contributed by atoms with van der Waals surface area (Å²) in [6.45, 7) is 0. The first-order chi connectivity index (χ1) is 13.0. The molecule has 4 bridgehead atoms. The standard InChI is InChI=1S/C22H28N2O3/c23-21(26)22-10-12-7-13(11-22)9-17(8-12)19(22)18(14-1-2-14)15-3-5-16(6-4-15)20(25)24-27/h3-6,12-14,17-19,27H,1-2,7-11H2,(H2,23,26)(H,24,25)/t12?,13?,17?,18-,19?,22?/m0/s1. The molecule has 3 unspecified atom stereocenters. The number of primary amides is 1. The van der Waals surface area contributed by atoms with E-state index in [1.807, 2.05) is 12.1 Å². The third kappa shape index (κ3) is 2.62. The summed E-state index contributed by atoms with van der Waals surface area (Å²) in [5.74, 6) is 2.72. The van der Waals surface area contributed by atoms with Gasteiger partial charge in [-0.3, -0.25) is 14.8 Å². The Labute approximate surface area is 159 Å². The average Bonchev–Trinajstić information content (AvgIpc) is 3.48. The molecule has 0 aromatic heterocycles. The summed E-state index contributed by atoms with van der Waals surface area (Å²) >= 11 is 0. The lowest BCUT2D eigenvalue weighted by atomic mass is 9.42. The molecule has 4 atom stereocenters. The molecule has 5 aliphatic rings. The van der Waals surface area contributed by atoms with E-state index in [1.165, 1.54) is 37.7 Å². The highest BCUT2D eigenvalue weighted by Crippen LogP contribution is 2.68. The van der Waals surface area contributed by atoms with E-state index in [-0.39, 0.29) is 11.3 Å². The third-order valence-electron chi connectivity index (χ3n) is 8.06. The van der Waals surface area contributed by atoms with E-state index in [0.717, 1.165) is 12.8 Å². The smallest absolute Gasteiger partial charge is 0.274 e. The van der Waals surface area contributed by atoms with Gasteiger partial charge >= 0.3 is 0 Å². The molecule has 5 heteroatoms. The topological polar surface area (TPSA) is 92.4 Å². The van der Waals surface area contributed by atoms with Gasteiger partial charge in [-0.25, -0.2) is 5.48 Å². The lowest BCUT2D eigenvalue weighted by molar-refractivity contribution is -0.160. The largest absolute Gasteiger partial charge is 0.369 e. The van der Waals surface area contributed by atoms with E-state index in [0.29, 0.717) is 41.1 Å². The molecule has 144 valence electrons. The fraction of sp³-hybridized carbons (Fsp3) is 0.636. The molecule has 0 heterocycles. The van der Waals surface area contributed by atoms with Crippen LogP contribution in [0.4, 0.5) is 0 Å². The number of nitrogens with two attached hydrogens (primary N) is 1. The molecule has 5 saturated carbocycles. The molecule has 1 aromatic carbocycles. The summed E-state index contributed by atoms with van der Waals surface area (Å²) in [6, 6.07) is 7.60. The first-order valence-corrected chi connectivity index (χ1v) is 10.4. The number of carbonyl (C=O) groups is 2. The Kier molecular flexibility index (Phi) is 3.87. The number of hydrogen-bond donors (Lipinski definition) is 3. The zero-order valence-corrected chi connectivity index (χ0v) is 15.6. The Hall–Kier alpha value is -1.88. The molecule has 0 radical (unpaired) electrons. The molecule has 5 nitrogen and oxygen atoms in total. The monoisotopic (exact) mass is 368 g/mol. The van der Waals surface area contributed by atoms with Gasteiger partial charge in [-0.05, 0) is 98.1 Å². The average molecular weight is 368 g/mol. The van der Waals surface area contributed by atoms with Crippen LogP contribution >= 0.6 is 0 Å². The SMILES string of the molecule is NC(=O)C12CC3CC(CC(C3)C1[C@H](c1ccc(C(=O)NO)cc1)C1CC1)C2. The summed E-state index contributed by atoms with van der Waals surface area (Å²) < 4.78 is 0. The van der Waals surface area contributed by atoms with Crippen LogP contribution in [0.5, 0.6) is 0 Å². The molecule has 6 rings (SSSR count). The normalized spacial score (nSPS) is 37.8. The van der Waals surface area contributed by atoms with E-state index >= 15 is 0 Å². The van der Waals surface area contributed by atoms with Crippen molar-refractivity contribution in [3.05, 3.63) is 35.4 Å². The quantitative estimate of drug-likeness (QED) is 0.550. The van der Waals surface area contributed by atoms with Crippen molar-refractivity contribution in [1.82, 2.24) is 5.48 Å². The van der Waals surface area contributed by atoms with Crippen molar-refractivity contribution in [2.75, 3.05) is 0 Å². The van der Waals surface area contributed by atoms with Crippen LogP contribution in [0.25, 0.3) is 0 Å². The molecule has 5 aliphatic carbocycles. The number of nitrogens with one attached hydrogen (secondary N) is 1. The number of rotatable bonds is 5. The second-order valence-electron chi connectivity index (χ2n) is 9.58. The molecule has 5 fully saturated rings. The van der Waals surface area contributed by atoms with Crippen molar-refractivity contribution in [1.29, 1.82) is 0 Å². The van der Waals surface area contributed by atoms with Crippen molar-refractivity contribution in [2.24, 2.45) is 40.7 Å². The van der Waals surface area contributed by atoms with Crippen LogP contribution in [0.15, 0.2) is 24.3 Å². The van der Waals surface area contributed by atoms with Gasteiger partial charge in [0.15, 0.2) is 0 Å². The van der Waals surface area contributed by atoms with Gasteiger partial charge in [0.25, 0.3) is 5.91 Å². The zero-order chi connectivity index (χ0) is 18.8. The molecular formula is C22H28N2O3. The van der Waals surface area contributed by atoms with Gasteiger partial charge in [0.1, 0.15) is 0 Å². The maximum atomic E-state index is 12.8. The maximum Gasteiger partial charge on any atom is 0.274 e. The van der Waals surface area contributed by atoms with Gasteiger partial charge in [-0.1, -0.05) is 12.1 Å². The highest BCUT2D eigenvalue weighted by atomic mass is 16.5. The van der Waals surface area contributed by atoms with Gasteiger partial charge in [0.2, 0.25) is 5.91 Å². The second-order valence-corrected chi connectivity index (χ2v) is 9.58. The Bertz CT molecular complexity index is 756. The Morgan fingerprint density at radius 1 is 1.07 bits per heavy atom. The van der Waals surface area contributed by atoms with Crippen LogP contribution in [0.1, 0.15) is 66.8 Å². The van der Waals surface area contributed by atoms with Gasteiger partial charge in [0, 0.05) is 5.56 Å². The minimum Gasteiger partial charge on any atom is -0.369 e. The summed E-state index contributed by atoms with van der Waals surface area (Å²) in [5.41, 5.74) is 9.12. The van der Waals surface area contributed by atoms with Crippen LogP contribution in [0.2, 0.25) is 0 Å². The number of amides is 2. The van der Waals surface area contributed by atoms with Crippen molar-refractivity contribution < 1.29 is 14.8 Å². The Balaban J connectivity index is 1.53. The molecular weight excluding hydrogens is 340 g/mol. The lowest BCUT2D eigenvalue weighted by Crippen LogP contribution is -2.59. The predicted molar refractivity (Wildman–Crippen MR) is 99.8 cm³/mol. The minimum atomic E-state index is -0.493. The summed E-state index contributed by atoms with van der Waals surface area (Å²) in [7, 11) is 0. The number of hydrogen-bond acceptors (Lipinski definition) is 3. The molecule has 1 aromatic rings. The molecule has 2 amide bonds. The first kappa shape index (κ1) is 17.2. The number of carbonyl (C=O) groups excluding carboxylic acids is 2. The van der Waals surface area contributed by atoms with Crippen molar-refractivity contribution >= 4 is 11.8 Å². The Morgan fingerprint density at radius 3 is 2.22 bits per heavy atom. The van der Waals surface area contributed by atoms with E-state index in [1.54, 1.807) is 17.6 Å². The molecule has 27 heavy (non-hydrogen) atoms. The predicted octanol–water partition coefficient (Wildman–Crippen LogP) is 3.23. The maximum absolute atomic E-state index is 12.8. The van der Waals surface area contributed by atoms with Crippen LogP contribution in [-0.4, -0.2) is 17.0 Å². The summed E-state index contributed by atoms with van der Waals surface area (Å²) in [4.78, 5) is 24.4. The summed E-state index contributed by atoms with van der Waals surface area (Å²) in [5, 5.41) is 8.85. The fourth-order valence-corrected chi connectivity index (χ4v) is 7.23. The highest BCUT2D eigenvalue weighted by molar-refractivity contribution is 5.93. The first-order valence-electron chi connectivity index (χ1n) is 10.4. The third-order valence-corrected chi connectivity index (χ3v) is 8.06. The van der Waals surface area contributed by atoms with Crippen LogP contribution in [-0.2, 0) is 4.79 Å². The minimum absolute atomic E-state index is 0.0754. The second kappa shape index (κ2) is 6.06. The van der Waals surface area contributed by atoms with E-state index in [2.05, 4.69) is 0 Å². The fourth-order valence-electron chi connectivity index (χ4n) is 7.23.